The Kier molecular flexibility index (Phi) is 5.64. The molecule has 6 rings (SSSR count). The van der Waals surface area contributed by atoms with Gasteiger partial charge in [-0.15, -0.1) is 0 Å². The lowest BCUT2D eigenvalue weighted by atomic mass is 9.94. The van der Waals surface area contributed by atoms with Crippen LogP contribution in [0, 0.1) is 0 Å². The second-order valence-electron chi connectivity index (χ2n) is 8.68. The number of hydrogen-bond donors (Lipinski definition) is 1. The van der Waals surface area contributed by atoms with Gasteiger partial charge >= 0.3 is 0 Å². The number of carbonyl (C=O) groups excluding carboxylic acids is 2. The van der Waals surface area contributed by atoms with Crippen molar-refractivity contribution in [2.45, 2.75) is 12.6 Å². The lowest BCUT2D eigenvalue weighted by Gasteiger charge is -2.27. The average Bonchev–Trinajstić information content (AvgIpc) is 3.61. The van der Waals surface area contributed by atoms with Crippen LogP contribution in [-0.4, -0.2) is 35.6 Å². The molecule has 4 aromatic rings. The molecule has 3 heterocycles. The Morgan fingerprint density at radius 1 is 1.05 bits per heavy atom. The van der Waals surface area contributed by atoms with Gasteiger partial charge in [0.05, 0.1) is 18.7 Å². The van der Waals surface area contributed by atoms with E-state index in [-0.39, 0.29) is 24.7 Å². The Labute approximate surface area is 219 Å². The first-order chi connectivity index (χ1) is 17.9. The van der Waals surface area contributed by atoms with E-state index in [2.05, 4.69) is 15.9 Å². The third-order valence-electron chi connectivity index (χ3n) is 6.47. The van der Waals surface area contributed by atoms with Gasteiger partial charge in [-0.25, -0.2) is 0 Å². The molecule has 0 radical (unpaired) electrons. The number of furan rings is 1. The van der Waals surface area contributed by atoms with Gasteiger partial charge in [0.15, 0.2) is 23.0 Å². The summed E-state index contributed by atoms with van der Waals surface area (Å²) >= 11 is 3.42. The van der Waals surface area contributed by atoms with E-state index in [0.29, 0.717) is 28.4 Å². The Morgan fingerprint density at radius 2 is 1.84 bits per heavy atom. The van der Waals surface area contributed by atoms with E-state index in [4.69, 9.17) is 18.6 Å². The molecule has 9 heteroatoms. The van der Waals surface area contributed by atoms with Gasteiger partial charge < -0.3 is 28.6 Å². The van der Waals surface area contributed by atoms with Crippen molar-refractivity contribution in [1.29, 1.82) is 0 Å². The second kappa shape index (κ2) is 9.01. The monoisotopic (exact) mass is 561 g/mol. The molecule has 1 atom stereocenters. The molecule has 8 nitrogen and oxygen atoms in total. The third-order valence-corrected chi connectivity index (χ3v) is 6.97. The highest BCUT2D eigenvalue weighted by Crippen LogP contribution is 2.42. The number of rotatable bonds is 6. The summed E-state index contributed by atoms with van der Waals surface area (Å²) in [6.45, 7) is 0.255. The molecule has 0 saturated carbocycles. The highest BCUT2D eigenvalue weighted by molar-refractivity contribution is 9.10. The van der Waals surface area contributed by atoms with Crippen LogP contribution in [0.5, 0.6) is 17.2 Å². The summed E-state index contributed by atoms with van der Waals surface area (Å²) in [4.78, 5) is 28.6. The molecule has 0 fully saturated rings. The van der Waals surface area contributed by atoms with Crippen molar-refractivity contribution >= 4 is 38.6 Å². The summed E-state index contributed by atoms with van der Waals surface area (Å²) in [5.74, 6) is 0.0370. The molecule has 0 bridgehead atoms. The van der Waals surface area contributed by atoms with Crippen LogP contribution in [0.2, 0.25) is 0 Å². The highest BCUT2D eigenvalue weighted by atomic mass is 79.9. The van der Waals surface area contributed by atoms with Crippen molar-refractivity contribution < 1.29 is 33.3 Å². The molecule has 1 amide bonds. The Morgan fingerprint density at radius 3 is 2.62 bits per heavy atom. The zero-order valence-electron chi connectivity index (χ0n) is 19.6. The number of Topliss-reactive ketones (excluding diaryl/α,β-unsaturated/α-hetero) is 1. The minimum absolute atomic E-state index is 0.0332. The molecule has 0 saturated heterocycles. The Hall–Kier alpha value is -4.24. The number of nitrogens with zero attached hydrogens (tertiary/aromatic N) is 1. The number of methoxy groups -OCH3 is 1. The van der Waals surface area contributed by atoms with Gasteiger partial charge in [-0.1, -0.05) is 34.1 Å². The third kappa shape index (κ3) is 4.01. The fourth-order valence-electron chi connectivity index (χ4n) is 4.68. The number of ketones is 1. The molecule has 1 N–H and O–H groups in total. The lowest BCUT2D eigenvalue weighted by Crippen LogP contribution is -2.30. The molecule has 1 unspecified atom stereocenters. The highest BCUT2D eigenvalue weighted by Gasteiger charge is 2.44. The van der Waals surface area contributed by atoms with Crippen LogP contribution in [0.25, 0.3) is 11.0 Å². The minimum atomic E-state index is -0.851. The van der Waals surface area contributed by atoms with E-state index in [9.17, 15) is 14.7 Å². The summed E-state index contributed by atoms with van der Waals surface area (Å²) < 4.78 is 22.8. The fraction of sp³-hybridized carbons (Fsp3) is 0.143. The van der Waals surface area contributed by atoms with Gasteiger partial charge in [0.2, 0.25) is 12.6 Å². The van der Waals surface area contributed by atoms with E-state index in [1.54, 1.807) is 55.6 Å². The number of aliphatic hydroxyl groups is 1. The standard InChI is InChI=1S/C28H20BrNO7/c1-34-19-6-3-16(4-7-19)25-24(26(31)23-12-17-11-18(29)5-9-20(17)37-23)27(32)28(33)30(25)13-15-2-8-21-22(10-15)36-14-35-21/h2-12,25,32H,13-14H2,1H3. The van der Waals surface area contributed by atoms with Crippen LogP contribution >= 0.6 is 15.9 Å². The fourth-order valence-corrected chi connectivity index (χ4v) is 5.06. The average molecular weight is 562 g/mol. The SMILES string of the molecule is COc1ccc(C2C(C(=O)c3cc4cc(Br)ccc4o3)=C(O)C(=O)N2Cc2ccc3c(c2)OCO3)cc1. The number of amides is 1. The van der Waals surface area contributed by atoms with Crippen LogP contribution in [-0.2, 0) is 11.3 Å². The predicted octanol–water partition coefficient (Wildman–Crippen LogP) is 5.71. The Bertz CT molecular complexity index is 1590. The molecule has 37 heavy (non-hydrogen) atoms. The number of benzene rings is 3. The molecular weight excluding hydrogens is 542 g/mol. The first-order valence-corrected chi connectivity index (χ1v) is 12.2. The van der Waals surface area contributed by atoms with Crippen molar-refractivity contribution in [2.75, 3.05) is 13.9 Å². The normalized spacial score (nSPS) is 16.6. The van der Waals surface area contributed by atoms with Gasteiger partial charge in [0.1, 0.15) is 11.3 Å². The maximum Gasteiger partial charge on any atom is 0.290 e. The van der Waals surface area contributed by atoms with Crippen LogP contribution in [0.1, 0.15) is 27.7 Å². The topological polar surface area (TPSA) is 98.4 Å². The Balaban J connectivity index is 1.42. The maximum absolute atomic E-state index is 13.8. The van der Waals surface area contributed by atoms with E-state index in [0.717, 1.165) is 15.4 Å². The van der Waals surface area contributed by atoms with Crippen molar-refractivity contribution in [3.63, 3.8) is 0 Å². The molecule has 0 spiro atoms. The number of carbonyl (C=O) groups is 2. The summed E-state index contributed by atoms with van der Waals surface area (Å²) in [6.07, 6.45) is 0. The zero-order valence-corrected chi connectivity index (χ0v) is 21.2. The van der Waals surface area contributed by atoms with Gasteiger partial charge in [-0.3, -0.25) is 9.59 Å². The van der Waals surface area contributed by atoms with Crippen LogP contribution in [0.3, 0.4) is 0 Å². The molecule has 1 aromatic heterocycles. The number of halogens is 1. The van der Waals surface area contributed by atoms with E-state index in [1.165, 1.54) is 4.90 Å². The lowest BCUT2D eigenvalue weighted by molar-refractivity contribution is -0.130. The number of ether oxygens (including phenoxy) is 3. The maximum atomic E-state index is 13.8. The largest absolute Gasteiger partial charge is 0.503 e. The zero-order chi connectivity index (χ0) is 25.7. The van der Waals surface area contributed by atoms with Crippen LogP contribution < -0.4 is 14.2 Å². The molecule has 2 aliphatic rings. The molecule has 186 valence electrons. The van der Waals surface area contributed by atoms with Crippen LogP contribution in [0.4, 0.5) is 0 Å². The van der Waals surface area contributed by atoms with Gasteiger partial charge in [-0.05, 0) is 59.7 Å². The van der Waals surface area contributed by atoms with Crippen molar-refractivity contribution in [3.05, 3.63) is 99.4 Å². The summed E-state index contributed by atoms with van der Waals surface area (Å²) in [7, 11) is 1.56. The number of fused-ring (bicyclic) bond motifs is 2. The number of hydrogen-bond acceptors (Lipinski definition) is 7. The van der Waals surface area contributed by atoms with Gasteiger partial charge in [-0.2, -0.15) is 0 Å². The minimum Gasteiger partial charge on any atom is -0.503 e. The van der Waals surface area contributed by atoms with Crippen LogP contribution in [0.15, 0.2) is 87.0 Å². The number of aliphatic hydroxyl groups excluding tert-OH is 1. The van der Waals surface area contributed by atoms with Gasteiger partial charge in [0, 0.05) is 16.4 Å². The summed E-state index contributed by atoms with van der Waals surface area (Å²) in [5.41, 5.74) is 1.87. The molecule has 2 aliphatic heterocycles. The van der Waals surface area contributed by atoms with Crippen molar-refractivity contribution in [3.8, 4) is 17.2 Å². The van der Waals surface area contributed by atoms with E-state index < -0.39 is 23.5 Å². The smallest absolute Gasteiger partial charge is 0.290 e. The quantitative estimate of drug-likeness (QED) is 0.301. The second-order valence-corrected chi connectivity index (χ2v) is 9.60. The van der Waals surface area contributed by atoms with E-state index in [1.807, 2.05) is 18.2 Å². The molecular formula is C28H20BrNO7. The van der Waals surface area contributed by atoms with Crippen molar-refractivity contribution in [1.82, 2.24) is 4.90 Å². The summed E-state index contributed by atoms with van der Waals surface area (Å²) in [6, 6.07) is 18.5. The first-order valence-electron chi connectivity index (χ1n) is 11.4. The van der Waals surface area contributed by atoms with Crippen molar-refractivity contribution in [2.24, 2.45) is 0 Å². The van der Waals surface area contributed by atoms with Gasteiger partial charge in [0.25, 0.3) is 5.91 Å². The molecule has 3 aromatic carbocycles. The first kappa shape index (κ1) is 23.2. The molecule has 0 aliphatic carbocycles. The predicted molar refractivity (Wildman–Crippen MR) is 137 cm³/mol. The van der Waals surface area contributed by atoms with E-state index >= 15 is 0 Å². The summed E-state index contributed by atoms with van der Waals surface area (Å²) in [5, 5.41) is 11.7.